The molecule has 0 bridgehead atoms. The van der Waals surface area contributed by atoms with E-state index >= 15 is 0 Å². The molecule has 1 heterocycles. The average Bonchev–Trinajstić information content (AvgIpc) is 2.44. The molecule has 0 radical (unpaired) electrons. The molecule has 0 aliphatic carbocycles. The van der Waals surface area contributed by atoms with Gasteiger partial charge < -0.3 is 4.74 Å². The Bertz CT molecular complexity index is 449. The van der Waals surface area contributed by atoms with Gasteiger partial charge in [-0.05, 0) is 18.2 Å². The number of carbonyl (C=O) groups is 2. The summed E-state index contributed by atoms with van der Waals surface area (Å²) in [5.41, 5.74) is 1.14. The lowest BCUT2D eigenvalue weighted by Crippen LogP contribution is -1.92. The van der Waals surface area contributed by atoms with Crippen molar-refractivity contribution < 1.29 is 14.3 Å². The molecule has 0 N–H and O–H groups in total. The van der Waals surface area contributed by atoms with E-state index in [0.717, 1.165) is 4.47 Å². The van der Waals surface area contributed by atoms with Crippen LogP contribution >= 0.6 is 15.9 Å². The molecule has 70 valence electrons. The predicted octanol–water partition coefficient (Wildman–Crippen LogP) is 2.16. The van der Waals surface area contributed by atoms with Gasteiger partial charge in [0, 0.05) is 16.1 Å². The number of esters is 1. The number of ether oxygens (including phenoxy) is 1. The van der Waals surface area contributed by atoms with Gasteiger partial charge in [-0.15, -0.1) is 0 Å². The third-order valence-electron chi connectivity index (χ3n) is 1.89. The number of cyclic esters (lactones) is 1. The molecule has 0 saturated heterocycles. The maximum Gasteiger partial charge on any atom is 0.344 e. The van der Waals surface area contributed by atoms with Gasteiger partial charge in [-0.2, -0.15) is 0 Å². The van der Waals surface area contributed by atoms with E-state index in [4.69, 9.17) is 4.74 Å². The second kappa shape index (κ2) is 3.38. The van der Waals surface area contributed by atoms with Crippen molar-refractivity contribution in [3.05, 3.63) is 39.9 Å². The summed E-state index contributed by atoms with van der Waals surface area (Å²) in [5.74, 6) is -0.109. The zero-order valence-corrected chi connectivity index (χ0v) is 8.58. The van der Waals surface area contributed by atoms with E-state index in [1.54, 1.807) is 18.2 Å². The van der Waals surface area contributed by atoms with Gasteiger partial charge in [0.05, 0.1) is 5.56 Å². The summed E-state index contributed by atoms with van der Waals surface area (Å²) in [5, 5.41) is 0. The number of benzene rings is 1. The molecule has 0 fully saturated rings. The van der Waals surface area contributed by atoms with Crippen molar-refractivity contribution in [2.75, 3.05) is 0 Å². The van der Waals surface area contributed by atoms with Gasteiger partial charge >= 0.3 is 5.97 Å². The first-order valence-corrected chi connectivity index (χ1v) is 4.69. The molecule has 1 aromatic carbocycles. The molecule has 0 spiro atoms. The lowest BCUT2D eigenvalue weighted by molar-refractivity contribution is -0.104. The van der Waals surface area contributed by atoms with Gasteiger partial charge in [0.15, 0.2) is 0 Å². The van der Waals surface area contributed by atoms with Crippen LogP contribution in [0.15, 0.2) is 28.7 Å². The first-order chi connectivity index (χ1) is 6.72. The average molecular weight is 253 g/mol. The van der Waals surface area contributed by atoms with E-state index in [1.165, 1.54) is 6.08 Å². The van der Waals surface area contributed by atoms with Gasteiger partial charge in [-0.3, -0.25) is 4.79 Å². The van der Waals surface area contributed by atoms with E-state index in [2.05, 4.69) is 15.9 Å². The maximum absolute atomic E-state index is 11.3. The number of rotatable bonds is 1. The lowest BCUT2D eigenvalue weighted by atomic mass is 10.1. The molecule has 0 amide bonds. The van der Waals surface area contributed by atoms with Gasteiger partial charge in [-0.1, -0.05) is 15.9 Å². The molecule has 0 aromatic heterocycles. The number of aldehydes is 1. The number of hydrogen-bond donors (Lipinski definition) is 0. The van der Waals surface area contributed by atoms with Crippen LogP contribution in [0.3, 0.4) is 0 Å². The number of hydrogen-bond acceptors (Lipinski definition) is 3. The Morgan fingerprint density at radius 3 is 2.79 bits per heavy atom. The molecular formula is C10H5BrO3. The Kier molecular flexibility index (Phi) is 2.21. The van der Waals surface area contributed by atoms with Crippen molar-refractivity contribution in [3.63, 3.8) is 0 Å². The molecule has 3 nitrogen and oxygen atoms in total. The maximum atomic E-state index is 11.3. The highest BCUT2D eigenvalue weighted by Gasteiger charge is 2.25. The standard InChI is InChI=1S/C10H5BrO3/c11-6-1-2-7-8(5-6)9(3-4-12)14-10(7)13/h1-5H/b9-3-. The summed E-state index contributed by atoms with van der Waals surface area (Å²) >= 11 is 3.28. The van der Waals surface area contributed by atoms with E-state index < -0.39 is 5.97 Å². The van der Waals surface area contributed by atoms with Gasteiger partial charge in [0.1, 0.15) is 12.0 Å². The third-order valence-corrected chi connectivity index (χ3v) is 2.38. The van der Waals surface area contributed by atoms with E-state index in [-0.39, 0.29) is 0 Å². The van der Waals surface area contributed by atoms with Crippen molar-refractivity contribution in [2.24, 2.45) is 0 Å². The van der Waals surface area contributed by atoms with Crippen molar-refractivity contribution >= 4 is 33.9 Å². The summed E-state index contributed by atoms with van der Waals surface area (Å²) in [6, 6.07) is 5.16. The van der Waals surface area contributed by atoms with Crippen LogP contribution in [0.1, 0.15) is 15.9 Å². The predicted molar refractivity (Wildman–Crippen MR) is 53.6 cm³/mol. The van der Waals surface area contributed by atoms with Crippen LogP contribution in [0.5, 0.6) is 0 Å². The number of halogens is 1. The van der Waals surface area contributed by atoms with Crippen LogP contribution in [0.4, 0.5) is 0 Å². The van der Waals surface area contributed by atoms with Crippen LogP contribution < -0.4 is 0 Å². The minimum atomic E-state index is -0.416. The topological polar surface area (TPSA) is 43.4 Å². The summed E-state index contributed by atoms with van der Waals surface area (Å²) in [6.45, 7) is 0. The van der Waals surface area contributed by atoms with Gasteiger partial charge in [0.2, 0.25) is 0 Å². The third kappa shape index (κ3) is 1.37. The van der Waals surface area contributed by atoms with Crippen LogP contribution in [0, 0.1) is 0 Å². The fourth-order valence-electron chi connectivity index (χ4n) is 1.29. The number of carbonyl (C=O) groups excluding carboxylic acids is 2. The molecule has 0 atom stereocenters. The zero-order chi connectivity index (χ0) is 10.1. The Morgan fingerprint density at radius 2 is 2.07 bits per heavy atom. The summed E-state index contributed by atoms with van der Waals surface area (Å²) < 4.78 is 5.74. The van der Waals surface area contributed by atoms with E-state index in [9.17, 15) is 9.59 Å². The number of fused-ring (bicyclic) bond motifs is 1. The molecule has 14 heavy (non-hydrogen) atoms. The monoisotopic (exact) mass is 252 g/mol. The van der Waals surface area contributed by atoms with Crippen LogP contribution in [0.25, 0.3) is 5.76 Å². The van der Waals surface area contributed by atoms with Crippen LogP contribution in [0.2, 0.25) is 0 Å². The molecule has 1 aromatic rings. The van der Waals surface area contributed by atoms with Crippen LogP contribution in [-0.4, -0.2) is 12.3 Å². The van der Waals surface area contributed by atoms with E-state index in [0.29, 0.717) is 23.2 Å². The van der Waals surface area contributed by atoms with E-state index in [1.807, 2.05) is 0 Å². The Morgan fingerprint density at radius 1 is 1.29 bits per heavy atom. The zero-order valence-electron chi connectivity index (χ0n) is 6.99. The minimum Gasteiger partial charge on any atom is -0.422 e. The second-order valence-corrected chi connectivity index (χ2v) is 3.66. The fourth-order valence-corrected chi connectivity index (χ4v) is 1.65. The molecule has 0 unspecified atom stereocenters. The molecule has 2 rings (SSSR count). The molecule has 1 aliphatic heterocycles. The quantitative estimate of drug-likeness (QED) is 0.437. The van der Waals surface area contributed by atoms with Crippen molar-refractivity contribution in [1.82, 2.24) is 0 Å². The summed E-state index contributed by atoms with van der Waals surface area (Å²) in [4.78, 5) is 21.6. The first kappa shape index (κ1) is 9.15. The summed E-state index contributed by atoms with van der Waals surface area (Å²) in [6.07, 6.45) is 1.83. The lowest BCUT2D eigenvalue weighted by Gasteiger charge is -1.95. The van der Waals surface area contributed by atoms with Crippen LogP contribution in [-0.2, 0) is 9.53 Å². The van der Waals surface area contributed by atoms with Crippen molar-refractivity contribution in [2.45, 2.75) is 0 Å². The highest BCUT2D eigenvalue weighted by atomic mass is 79.9. The molecule has 0 saturated carbocycles. The van der Waals surface area contributed by atoms with Gasteiger partial charge in [0.25, 0.3) is 0 Å². The Hall–Kier alpha value is -1.42. The first-order valence-electron chi connectivity index (χ1n) is 3.90. The molecule has 1 aliphatic rings. The summed E-state index contributed by atoms with van der Waals surface area (Å²) in [7, 11) is 0. The minimum absolute atomic E-state index is 0.307. The fraction of sp³-hybridized carbons (Fsp3) is 0. The molecular weight excluding hydrogens is 248 g/mol. The van der Waals surface area contributed by atoms with Gasteiger partial charge in [-0.25, -0.2) is 4.79 Å². The highest BCUT2D eigenvalue weighted by molar-refractivity contribution is 9.10. The SMILES string of the molecule is O=C/C=C1\OC(=O)c2ccc(Br)cc21. The smallest absolute Gasteiger partial charge is 0.344 e. The Balaban J connectivity index is 2.62. The second-order valence-electron chi connectivity index (χ2n) is 2.75. The normalized spacial score (nSPS) is 16.6. The number of allylic oxidation sites excluding steroid dienone is 1. The molecule has 4 heteroatoms. The Labute approximate surface area is 88.5 Å². The largest absolute Gasteiger partial charge is 0.422 e. The van der Waals surface area contributed by atoms with Crippen molar-refractivity contribution in [1.29, 1.82) is 0 Å². The van der Waals surface area contributed by atoms with Crippen molar-refractivity contribution in [3.8, 4) is 0 Å². The highest BCUT2D eigenvalue weighted by Crippen LogP contribution is 2.31.